The van der Waals surface area contributed by atoms with Crippen molar-refractivity contribution in [1.29, 1.82) is 0 Å². The van der Waals surface area contributed by atoms with Gasteiger partial charge >= 0.3 is 5.97 Å². The average Bonchev–Trinajstić information content (AvgIpc) is 2.47. The number of carbonyl (C=O) groups is 2. The van der Waals surface area contributed by atoms with Gasteiger partial charge < -0.3 is 20.2 Å². The molecule has 0 aromatic carbocycles. The van der Waals surface area contributed by atoms with E-state index in [0.29, 0.717) is 24.7 Å². The van der Waals surface area contributed by atoms with Gasteiger partial charge in [-0.15, -0.1) is 0 Å². The molecular formula is C14H21N5O3. The summed E-state index contributed by atoms with van der Waals surface area (Å²) in [5.74, 6) is 0.0837. The van der Waals surface area contributed by atoms with Crippen molar-refractivity contribution in [2.75, 3.05) is 36.9 Å². The summed E-state index contributed by atoms with van der Waals surface area (Å²) in [5, 5.41) is 12.1. The van der Waals surface area contributed by atoms with Crippen molar-refractivity contribution in [1.82, 2.24) is 14.9 Å². The Kier molecular flexibility index (Phi) is 4.79. The van der Waals surface area contributed by atoms with E-state index in [1.807, 2.05) is 18.7 Å². The molecule has 1 saturated heterocycles. The SMILES string of the molecule is CC(C)[C@H](Nc1cc(N2CCN(C)C(=O)C2)ncn1)C(=O)O. The van der Waals surface area contributed by atoms with E-state index in [9.17, 15) is 14.7 Å². The fourth-order valence-corrected chi connectivity index (χ4v) is 2.23. The molecule has 8 heteroatoms. The van der Waals surface area contributed by atoms with Crippen LogP contribution in [0.25, 0.3) is 0 Å². The number of rotatable bonds is 5. The van der Waals surface area contributed by atoms with E-state index in [4.69, 9.17) is 0 Å². The molecule has 0 unspecified atom stereocenters. The Morgan fingerprint density at radius 1 is 1.36 bits per heavy atom. The number of nitrogens with one attached hydrogen (secondary N) is 1. The van der Waals surface area contributed by atoms with Crippen molar-refractivity contribution in [3.63, 3.8) is 0 Å². The van der Waals surface area contributed by atoms with Crippen LogP contribution in [0.1, 0.15) is 13.8 Å². The molecule has 1 aliphatic rings. The van der Waals surface area contributed by atoms with Crippen LogP contribution >= 0.6 is 0 Å². The summed E-state index contributed by atoms with van der Waals surface area (Å²) in [4.78, 5) is 34.8. The number of hydrogen-bond donors (Lipinski definition) is 2. The average molecular weight is 307 g/mol. The Hall–Kier alpha value is -2.38. The number of amides is 1. The van der Waals surface area contributed by atoms with Gasteiger partial charge in [-0.2, -0.15) is 0 Å². The molecule has 1 amide bonds. The first-order chi connectivity index (χ1) is 10.4. The minimum absolute atomic E-state index is 0.0324. The molecule has 1 atom stereocenters. The number of hydrogen-bond acceptors (Lipinski definition) is 6. The van der Waals surface area contributed by atoms with Crippen molar-refractivity contribution >= 4 is 23.5 Å². The largest absolute Gasteiger partial charge is 0.480 e. The number of aromatic nitrogens is 2. The van der Waals surface area contributed by atoms with Crippen LogP contribution in [-0.2, 0) is 9.59 Å². The molecule has 1 aliphatic heterocycles. The van der Waals surface area contributed by atoms with Gasteiger partial charge in [0.2, 0.25) is 5.91 Å². The van der Waals surface area contributed by atoms with Gasteiger partial charge in [0.1, 0.15) is 24.0 Å². The molecule has 120 valence electrons. The molecule has 8 nitrogen and oxygen atoms in total. The van der Waals surface area contributed by atoms with Crippen molar-refractivity contribution in [2.45, 2.75) is 19.9 Å². The van der Waals surface area contributed by atoms with Gasteiger partial charge in [0.25, 0.3) is 0 Å². The Morgan fingerprint density at radius 3 is 2.68 bits per heavy atom. The number of carboxylic acid groups (broad SMARTS) is 1. The van der Waals surface area contributed by atoms with E-state index < -0.39 is 12.0 Å². The summed E-state index contributed by atoms with van der Waals surface area (Å²) in [7, 11) is 1.77. The molecular weight excluding hydrogens is 286 g/mol. The highest BCUT2D eigenvalue weighted by Crippen LogP contribution is 2.18. The zero-order chi connectivity index (χ0) is 16.3. The van der Waals surface area contributed by atoms with Crippen LogP contribution < -0.4 is 10.2 Å². The summed E-state index contributed by atoms with van der Waals surface area (Å²) in [6.45, 7) is 5.24. The van der Waals surface area contributed by atoms with Crippen molar-refractivity contribution in [3.05, 3.63) is 12.4 Å². The van der Waals surface area contributed by atoms with Crippen LogP contribution in [0.3, 0.4) is 0 Å². The van der Waals surface area contributed by atoms with Crippen LogP contribution in [0.2, 0.25) is 0 Å². The van der Waals surface area contributed by atoms with Crippen molar-refractivity contribution in [3.8, 4) is 0 Å². The lowest BCUT2D eigenvalue weighted by atomic mass is 10.1. The third-order valence-electron chi connectivity index (χ3n) is 3.67. The van der Waals surface area contributed by atoms with Crippen LogP contribution in [-0.4, -0.2) is 64.6 Å². The summed E-state index contributed by atoms with van der Waals surface area (Å²) < 4.78 is 0. The monoisotopic (exact) mass is 307 g/mol. The van der Waals surface area contributed by atoms with Crippen molar-refractivity contribution < 1.29 is 14.7 Å². The normalized spacial score (nSPS) is 16.8. The smallest absolute Gasteiger partial charge is 0.326 e. The summed E-state index contributed by atoms with van der Waals surface area (Å²) >= 11 is 0. The topological polar surface area (TPSA) is 98.7 Å². The van der Waals surface area contributed by atoms with Gasteiger partial charge in [0, 0.05) is 26.2 Å². The van der Waals surface area contributed by atoms with Crippen LogP contribution in [0.15, 0.2) is 12.4 Å². The maximum Gasteiger partial charge on any atom is 0.326 e. The summed E-state index contributed by atoms with van der Waals surface area (Å²) in [6.07, 6.45) is 1.37. The third kappa shape index (κ3) is 3.63. The minimum atomic E-state index is -0.926. The minimum Gasteiger partial charge on any atom is -0.480 e. The molecule has 0 aliphatic carbocycles. The molecule has 0 radical (unpaired) electrons. The Labute approximate surface area is 129 Å². The fraction of sp³-hybridized carbons (Fsp3) is 0.571. The fourth-order valence-electron chi connectivity index (χ4n) is 2.23. The molecule has 2 N–H and O–H groups in total. The number of piperazine rings is 1. The van der Waals surface area contributed by atoms with Gasteiger partial charge in [-0.3, -0.25) is 4.79 Å². The van der Waals surface area contributed by atoms with Gasteiger partial charge in [-0.05, 0) is 5.92 Å². The molecule has 0 bridgehead atoms. The van der Waals surface area contributed by atoms with Gasteiger partial charge in [0.05, 0.1) is 6.54 Å². The quantitative estimate of drug-likeness (QED) is 0.806. The molecule has 2 heterocycles. The summed E-state index contributed by atoms with van der Waals surface area (Å²) in [5.41, 5.74) is 0. The van der Waals surface area contributed by atoms with Gasteiger partial charge in [-0.1, -0.05) is 13.8 Å². The van der Waals surface area contributed by atoms with Crippen LogP contribution in [0, 0.1) is 5.92 Å². The predicted molar refractivity (Wildman–Crippen MR) is 81.8 cm³/mol. The standard InChI is InChI=1S/C14H21N5O3/c1-9(2)13(14(21)22)17-10-6-11(16-8-15-10)19-5-4-18(3)12(20)7-19/h6,8-9,13H,4-5,7H2,1-3H3,(H,21,22)(H,15,16,17)/t13-/m0/s1. The first-order valence-corrected chi connectivity index (χ1v) is 7.18. The van der Waals surface area contributed by atoms with Gasteiger partial charge in [0.15, 0.2) is 0 Å². The molecule has 22 heavy (non-hydrogen) atoms. The molecule has 1 fully saturated rings. The van der Waals surface area contributed by atoms with Gasteiger partial charge in [-0.25, -0.2) is 14.8 Å². The first-order valence-electron chi connectivity index (χ1n) is 7.18. The lowest BCUT2D eigenvalue weighted by Crippen LogP contribution is -2.48. The first kappa shape index (κ1) is 16.0. The number of aliphatic carboxylic acids is 1. The number of carboxylic acids is 1. The van der Waals surface area contributed by atoms with E-state index in [-0.39, 0.29) is 18.4 Å². The highest BCUT2D eigenvalue weighted by molar-refractivity contribution is 5.82. The van der Waals surface area contributed by atoms with Crippen LogP contribution in [0.4, 0.5) is 11.6 Å². The molecule has 2 rings (SSSR count). The summed E-state index contributed by atoms with van der Waals surface area (Å²) in [6, 6.07) is 0.952. The maximum atomic E-state index is 11.8. The van der Waals surface area contributed by atoms with E-state index in [1.54, 1.807) is 18.0 Å². The third-order valence-corrected chi connectivity index (χ3v) is 3.67. The van der Waals surface area contributed by atoms with Crippen LogP contribution in [0.5, 0.6) is 0 Å². The number of carbonyl (C=O) groups excluding carboxylic acids is 1. The Balaban J connectivity index is 2.13. The Bertz CT molecular complexity index is 563. The van der Waals surface area contributed by atoms with E-state index in [0.717, 1.165) is 0 Å². The number of nitrogens with zero attached hydrogens (tertiary/aromatic N) is 4. The Morgan fingerprint density at radius 2 is 2.09 bits per heavy atom. The van der Waals surface area contributed by atoms with Crippen molar-refractivity contribution in [2.24, 2.45) is 5.92 Å². The van der Waals surface area contributed by atoms with E-state index in [2.05, 4.69) is 15.3 Å². The number of likely N-dealkylation sites (N-methyl/N-ethyl adjacent to an activating group) is 1. The second-order valence-electron chi connectivity index (χ2n) is 5.70. The molecule has 1 aromatic heterocycles. The highest BCUT2D eigenvalue weighted by Gasteiger charge is 2.24. The molecule has 0 spiro atoms. The zero-order valence-corrected chi connectivity index (χ0v) is 13.0. The lowest BCUT2D eigenvalue weighted by Gasteiger charge is -2.32. The second-order valence-corrected chi connectivity index (χ2v) is 5.70. The van der Waals surface area contributed by atoms with E-state index in [1.165, 1.54) is 6.33 Å². The maximum absolute atomic E-state index is 11.8. The molecule has 1 aromatic rings. The zero-order valence-electron chi connectivity index (χ0n) is 13.0. The molecule has 0 saturated carbocycles. The lowest BCUT2D eigenvalue weighted by molar-refractivity contribution is -0.138. The number of anilines is 2. The second kappa shape index (κ2) is 6.59. The highest BCUT2D eigenvalue weighted by atomic mass is 16.4. The van der Waals surface area contributed by atoms with E-state index >= 15 is 0 Å². The predicted octanol–water partition coefficient (Wildman–Crippen LogP) is 0.276.